The lowest BCUT2D eigenvalue weighted by Gasteiger charge is -2.32. The molecule has 4 N–H and O–H groups in total. The van der Waals surface area contributed by atoms with Gasteiger partial charge in [-0.15, -0.1) is 10.2 Å². The second-order valence-electron chi connectivity index (χ2n) is 24.1. The van der Waals surface area contributed by atoms with Crippen LogP contribution in [0.5, 0.6) is 0 Å². The highest BCUT2D eigenvalue weighted by Crippen LogP contribution is 2.40. The van der Waals surface area contributed by atoms with E-state index in [-0.39, 0.29) is 45.2 Å². The van der Waals surface area contributed by atoms with Crippen LogP contribution in [-0.2, 0) is 30.9 Å². The molecule has 3 aromatic heterocycles. The molecule has 0 amide bonds. The van der Waals surface area contributed by atoms with Crippen molar-refractivity contribution in [3.05, 3.63) is 72.3 Å². The van der Waals surface area contributed by atoms with Crippen LogP contribution in [0.25, 0.3) is 11.6 Å². The van der Waals surface area contributed by atoms with Gasteiger partial charge in [-0.05, 0) is 98.9 Å². The third kappa shape index (κ3) is 17.5. The van der Waals surface area contributed by atoms with Crippen molar-refractivity contribution >= 4 is 54.4 Å². The molecule has 5 aromatic rings. The molecule has 0 radical (unpaired) electrons. The number of rotatable bonds is 33. The van der Waals surface area contributed by atoms with Crippen molar-refractivity contribution in [2.75, 3.05) is 31.1 Å². The smallest absolute Gasteiger partial charge is 0.243 e. The summed E-state index contributed by atoms with van der Waals surface area (Å²) in [5.74, 6) is 1.83. The summed E-state index contributed by atoms with van der Waals surface area (Å²) in [6.45, 7) is 30.6. The molecule has 4 atom stereocenters. The lowest BCUT2D eigenvalue weighted by molar-refractivity contribution is 0.259. The Kier molecular flexibility index (Phi) is 24.8. The van der Waals surface area contributed by atoms with Crippen molar-refractivity contribution in [3.8, 4) is 11.6 Å². The fraction of sp³-hybridized carbons (Fsp3) is 0.639. The Labute approximate surface area is 486 Å². The van der Waals surface area contributed by atoms with Crippen molar-refractivity contribution in [2.24, 2.45) is 38.2 Å². The molecular weight excluding hydrogens is 1060 g/mol. The Morgan fingerprint density at radius 2 is 0.901 bits per heavy atom. The zero-order chi connectivity index (χ0) is 59.7. The number of aromatic nitrogens is 6. The van der Waals surface area contributed by atoms with Gasteiger partial charge in [-0.1, -0.05) is 167 Å². The average molecular weight is 1160 g/mol. The van der Waals surface area contributed by atoms with Gasteiger partial charge in [0.2, 0.25) is 20.0 Å². The SMILES string of the molecule is CCCCCC(C)N(CC(CC)CCCC)S(=O)(=O)c1ccc(N=Nc2c(C(C)(C)C)nn(-c3cc(-n4nc(C(C)(C)C)c(N=Nc5ccc(S(=O)(=O)N(CC(CC)CCCC)CC(CC)CCCC)cc5)c4N)ncn3)c2N)cc1. The standard InChI is InChI=1S/C61H98N14O4S2/c1-15-22-26-27-44(8)73(42-47(21-7)30-25-18-4)81(78,79)51-37-33-49(34-38-51)67-69-55-57(61(12,13)14)71-75(59(55)63)53-39-52(64-43-65-53)74-58(62)54(56(70-74)60(9,10)11)68-66-48-31-35-50(36-32-48)80(76,77)72(40-45(19-5)28-23-16-2)41-46(20-6)29-24-17-3/h31-39,43-47H,15-30,40-42,62-63H2,1-14H3. The zero-order valence-electron chi connectivity index (χ0n) is 51.5. The molecule has 20 heteroatoms. The van der Waals surface area contributed by atoms with E-state index in [1.54, 1.807) is 63.2 Å². The topological polar surface area (TPSA) is 238 Å². The highest BCUT2D eigenvalue weighted by molar-refractivity contribution is 7.89. The molecule has 0 bridgehead atoms. The quantitative estimate of drug-likeness (QED) is 0.0297. The molecule has 3 heterocycles. The second kappa shape index (κ2) is 30.2. The van der Waals surface area contributed by atoms with Gasteiger partial charge >= 0.3 is 0 Å². The summed E-state index contributed by atoms with van der Waals surface area (Å²) in [5.41, 5.74) is 15.4. The molecule has 5 rings (SSSR count). The fourth-order valence-corrected chi connectivity index (χ4v) is 13.4. The number of azo groups is 2. The largest absolute Gasteiger partial charge is 0.382 e. The average Bonchev–Trinajstić information content (AvgIpc) is 4.18. The van der Waals surface area contributed by atoms with Crippen LogP contribution in [0.1, 0.15) is 211 Å². The van der Waals surface area contributed by atoms with Gasteiger partial charge in [-0.25, -0.2) is 26.8 Å². The summed E-state index contributed by atoms with van der Waals surface area (Å²) >= 11 is 0. The van der Waals surface area contributed by atoms with Gasteiger partial charge in [0, 0.05) is 42.6 Å². The molecule has 18 nitrogen and oxygen atoms in total. The summed E-state index contributed by atoms with van der Waals surface area (Å²) in [6, 6.07) is 14.6. The molecule has 0 saturated heterocycles. The molecular formula is C61H98N14O4S2. The van der Waals surface area contributed by atoms with E-state index < -0.39 is 30.9 Å². The fourth-order valence-electron chi connectivity index (χ4n) is 10.0. The molecule has 0 saturated carbocycles. The first-order chi connectivity index (χ1) is 38.4. The van der Waals surface area contributed by atoms with E-state index in [1.165, 1.54) is 15.7 Å². The van der Waals surface area contributed by atoms with Gasteiger partial charge in [-0.2, -0.15) is 38.4 Å². The van der Waals surface area contributed by atoms with Gasteiger partial charge < -0.3 is 11.5 Å². The molecule has 81 heavy (non-hydrogen) atoms. The normalized spacial score (nSPS) is 14.5. The number of sulfonamides is 2. The Hall–Kier alpha value is -5.44. The predicted octanol–water partition coefficient (Wildman–Crippen LogP) is 16.0. The molecule has 0 aliphatic rings. The molecule has 448 valence electrons. The number of unbranched alkanes of at least 4 members (excludes halogenated alkanes) is 5. The minimum Gasteiger partial charge on any atom is -0.382 e. The number of nitrogens with two attached hydrogens (primary N) is 2. The van der Waals surface area contributed by atoms with Crippen molar-refractivity contribution in [1.29, 1.82) is 0 Å². The monoisotopic (exact) mass is 1150 g/mol. The van der Waals surface area contributed by atoms with Crippen LogP contribution >= 0.6 is 0 Å². The van der Waals surface area contributed by atoms with E-state index >= 15 is 0 Å². The number of nitrogens with zero attached hydrogens (tertiary/aromatic N) is 12. The minimum absolute atomic E-state index is 0.133. The van der Waals surface area contributed by atoms with E-state index in [1.807, 2.05) is 48.5 Å². The first kappa shape index (κ1) is 66.4. The van der Waals surface area contributed by atoms with Crippen molar-refractivity contribution in [3.63, 3.8) is 0 Å². The maximum Gasteiger partial charge on any atom is 0.243 e. The van der Waals surface area contributed by atoms with E-state index in [0.717, 1.165) is 103 Å². The summed E-state index contributed by atoms with van der Waals surface area (Å²) in [4.78, 5) is 9.55. The first-order valence-electron chi connectivity index (χ1n) is 30.1. The molecule has 4 unspecified atom stereocenters. The Morgan fingerprint density at radius 3 is 1.27 bits per heavy atom. The summed E-state index contributed by atoms with van der Waals surface area (Å²) in [5, 5.41) is 28.2. The van der Waals surface area contributed by atoms with E-state index in [2.05, 4.69) is 78.9 Å². The number of anilines is 2. The maximum atomic E-state index is 14.4. The van der Waals surface area contributed by atoms with Gasteiger partial charge in [0.1, 0.15) is 6.33 Å². The Bertz CT molecular complexity index is 3010. The van der Waals surface area contributed by atoms with Crippen molar-refractivity contribution in [1.82, 2.24) is 38.1 Å². The summed E-state index contributed by atoms with van der Waals surface area (Å²) < 4.78 is 64.0. The van der Waals surface area contributed by atoms with E-state index in [4.69, 9.17) is 21.7 Å². The minimum atomic E-state index is -3.81. The number of hydrogen-bond donors (Lipinski definition) is 2. The van der Waals surface area contributed by atoms with Gasteiger partial charge in [0.15, 0.2) is 34.6 Å². The van der Waals surface area contributed by atoms with Crippen LogP contribution in [0.15, 0.2) is 91.2 Å². The highest BCUT2D eigenvalue weighted by atomic mass is 32.2. The van der Waals surface area contributed by atoms with Crippen molar-refractivity contribution < 1.29 is 16.8 Å². The molecule has 0 fully saturated rings. The number of benzene rings is 2. The predicted molar refractivity (Wildman–Crippen MR) is 330 cm³/mol. The summed E-state index contributed by atoms with van der Waals surface area (Å²) in [7, 11) is -7.61. The van der Waals surface area contributed by atoms with Gasteiger partial charge in [0.25, 0.3) is 0 Å². The first-order valence-corrected chi connectivity index (χ1v) is 32.9. The third-order valence-electron chi connectivity index (χ3n) is 15.4. The highest BCUT2D eigenvalue weighted by Gasteiger charge is 2.33. The maximum absolute atomic E-state index is 14.4. The van der Waals surface area contributed by atoms with E-state index in [9.17, 15) is 16.8 Å². The van der Waals surface area contributed by atoms with Crippen LogP contribution in [-0.4, -0.2) is 80.7 Å². The van der Waals surface area contributed by atoms with Crippen LogP contribution in [0.4, 0.5) is 34.4 Å². The van der Waals surface area contributed by atoms with Crippen LogP contribution in [0, 0.1) is 17.8 Å². The Morgan fingerprint density at radius 1 is 0.519 bits per heavy atom. The molecule has 2 aromatic carbocycles. The number of hydrogen-bond acceptors (Lipinski definition) is 14. The molecule has 0 spiro atoms. The molecule has 0 aliphatic heterocycles. The van der Waals surface area contributed by atoms with Gasteiger partial charge in [0.05, 0.1) is 32.6 Å². The zero-order valence-corrected chi connectivity index (χ0v) is 53.1. The second-order valence-corrected chi connectivity index (χ2v) is 27.9. The third-order valence-corrected chi connectivity index (χ3v) is 19.3. The van der Waals surface area contributed by atoms with Crippen LogP contribution in [0.3, 0.4) is 0 Å². The lowest BCUT2D eigenvalue weighted by Crippen LogP contribution is -2.41. The van der Waals surface area contributed by atoms with Gasteiger partial charge in [-0.3, -0.25) is 0 Å². The lowest BCUT2D eigenvalue weighted by atomic mass is 9.91. The van der Waals surface area contributed by atoms with Crippen LogP contribution in [0.2, 0.25) is 0 Å². The van der Waals surface area contributed by atoms with Crippen LogP contribution < -0.4 is 11.5 Å². The van der Waals surface area contributed by atoms with E-state index in [0.29, 0.717) is 65.4 Å². The Balaban J connectivity index is 1.44. The van der Waals surface area contributed by atoms with Crippen molar-refractivity contribution in [2.45, 2.75) is 226 Å². The summed E-state index contributed by atoms with van der Waals surface area (Å²) in [6.07, 6.45) is 17.5. The molecule has 0 aliphatic carbocycles. The number of nitrogen functional groups attached to an aromatic ring is 2.